The summed E-state index contributed by atoms with van der Waals surface area (Å²) in [4.78, 5) is 114. The van der Waals surface area contributed by atoms with Crippen LogP contribution in [0.3, 0.4) is 0 Å². The van der Waals surface area contributed by atoms with E-state index in [0.29, 0.717) is 25.7 Å². The maximum atomic E-state index is 12.3. The van der Waals surface area contributed by atoms with Gasteiger partial charge in [0.25, 0.3) is 24.7 Å². The summed E-state index contributed by atoms with van der Waals surface area (Å²) in [5.41, 5.74) is 1.01. The second-order valence-electron chi connectivity index (χ2n) is 32.1. The Morgan fingerprint density at radius 1 is 0.328 bits per heavy atom. The first kappa shape index (κ1) is 151. The summed E-state index contributed by atoms with van der Waals surface area (Å²) in [6.07, 6.45) is 60.2. The molecule has 2 unspecified atom stereocenters. The monoisotopic (exact) mass is 2090 g/mol. The van der Waals surface area contributed by atoms with Gasteiger partial charge in [0.2, 0.25) is 0 Å². The molecule has 0 saturated heterocycles. The van der Waals surface area contributed by atoms with Crippen LogP contribution in [0.5, 0.6) is 0 Å². The molecule has 2 atom stereocenters. The summed E-state index contributed by atoms with van der Waals surface area (Å²) >= 11 is 9.53. The van der Waals surface area contributed by atoms with Crippen LogP contribution >= 0.6 is 65.2 Å². The molecule has 0 spiro atoms. The fourth-order valence-electron chi connectivity index (χ4n) is 12.5. The molecule has 5 N–H and O–H groups in total. The zero-order chi connectivity index (χ0) is 101. The number of phosphoric ester groups is 4. The second-order valence-corrected chi connectivity index (χ2v) is 40.5. The number of unbranched alkanes of at least 4 members (excludes halogenated alkanes) is 48. The number of carbonyl (C=O) groups excluding carboxylic acids is 4. The molecule has 0 amide bonds. The number of carbonyl (C=O) groups is 4. The van der Waals surface area contributed by atoms with E-state index in [-0.39, 0.29) is 99.3 Å². The van der Waals surface area contributed by atoms with Crippen LogP contribution in [0.2, 0.25) is 0 Å². The van der Waals surface area contributed by atoms with E-state index >= 15 is 0 Å². The first-order valence-corrected chi connectivity index (χ1v) is 58.6. The van der Waals surface area contributed by atoms with E-state index in [9.17, 15) is 75.2 Å². The summed E-state index contributed by atoms with van der Waals surface area (Å²) in [6.45, 7) is 14.3. The van der Waals surface area contributed by atoms with E-state index < -0.39 is 128 Å². The maximum absolute atomic E-state index is 12.3. The summed E-state index contributed by atoms with van der Waals surface area (Å²) < 4.78 is 113. The molecule has 1 rings (SSSR count). The van der Waals surface area contributed by atoms with Gasteiger partial charge in [-0.25, -0.2) is 8.42 Å². The van der Waals surface area contributed by atoms with Gasteiger partial charge in [-0.2, -0.15) is 0 Å². The third-order valence-electron chi connectivity index (χ3n) is 19.8. The van der Waals surface area contributed by atoms with E-state index in [2.05, 4.69) is 45.8 Å². The molecule has 0 radical (unpaired) electrons. The zero-order valence-electron chi connectivity index (χ0n) is 84.6. The topological polar surface area (TPSA) is 503 Å². The molecular weight excluding hydrogens is 1910 g/mol. The molecule has 800 valence electrons. The quantitative estimate of drug-likeness (QED) is 0.00591. The van der Waals surface area contributed by atoms with Crippen LogP contribution < -0.4 is 58.9 Å². The van der Waals surface area contributed by atoms with Gasteiger partial charge in [0.05, 0.1) is 65.5 Å². The molecule has 40 heteroatoms. The van der Waals surface area contributed by atoms with Crippen molar-refractivity contribution in [3.8, 4) is 0 Å². The number of aryl methyl sites for hydroxylation is 1. The average Bonchev–Trinajstić information content (AvgIpc) is 0.880. The van der Waals surface area contributed by atoms with Crippen molar-refractivity contribution in [3.63, 3.8) is 0 Å². The number of benzene rings is 1. The van der Waals surface area contributed by atoms with E-state index in [0.717, 1.165) is 89.7 Å². The average molecular weight is 2100 g/mol. The van der Waals surface area contributed by atoms with Gasteiger partial charge >= 0.3 is 53.4 Å². The van der Waals surface area contributed by atoms with Crippen molar-refractivity contribution in [1.82, 2.24) is 0 Å². The molecule has 0 aromatic heterocycles. The van der Waals surface area contributed by atoms with Crippen molar-refractivity contribution in [2.75, 3.05) is 78.5 Å². The first-order valence-electron chi connectivity index (χ1n) is 49.4. The van der Waals surface area contributed by atoms with Crippen LogP contribution in [-0.2, 0) is 92.6 Å². The van der Waals surface area contributed by atoms with E-state index in [1.165, 1.54) is 256 Å². The SMILES string of the molecule is CC.CCCCCCCCCCCCCCCC(=O)OCC(COC(=O)CCCCCCCCCCCCCCC)OP(=O)([O-])OCCC.CCCCCCCCCCCCCCCC(=O)OCC(COC(=O)CCCCCCCCCCCCCCC)OP(=O)([O-])[O-].CCCOP(=O)([O-])OC(CO)CO.CO.Cc1ccc(S(=O)(=O)Cl)cc1.ClCCl.O=P([O-])([O-])OC(CO)CO.[CH3-].[Na+]. The number of aliphatic hydroxyl groups excluding tert-OH is 5. The Labute approximate surface area is 848 Å². The molecule has 1 aromatic carbocycles. The molecule has 0 aliphatic rings. The van der Waals surface area contributed by atoms with Gasteiger partial charge in [0.15, 0.2) is 0 Å². The Kier molecular flexibility index (Phi) is 127. The Balaban J connectivity index is -0.000000232. The predicted octanol–water partition coefficient (Wildman–Crippen LogP) is 18.4. The number of hydrogen-bond donors (Lipinski definition) is 5. The van der Waals surface area contributed by atoms with Crippen LogP contribution in [-0.4, -0.2) is 161 Å². The van der Waals surface area contributed by atoms with Gasteiger partial charge in [-0.15, -0.1) is 23.2 Å². The largest absolute Gasteiger partial charge is 1.00 e. The first-order chi connectivity index (χ1) is 63.1. The number of rotatable bonds is 83. The number of alkyl halides is 2. The van der Waals surface area contributed by atoms with Crippen LogP contribution in [0.4, 0.5) is 0 Å². The van der Waals surface area contributed by atoms with Gasteiger partial charge in [-0.1, -0.05) is 381 Å². The molecule has 1 aromatic rings. The summed E-state index contributed by atoms with van der Waals surface area (Å²) in [5.74, 6) is -1.77. The van der Waals surface area contributed by atoms with Gasteiger partial charge in [0.1, 0.15) is 50.8 Å². The Bertz CT molecular complexity index is 2860. The number of phosphoric acid groups is 4. The fourth-order valence-corrected chi connectivity index (χ4v) is 16.2. The minimum atomic E-state index is -5.33. The Morgan fingerprint density at radius 3 is 0.672 bits per heavy atom. The summed E-state index contributed by atoms with van der Waals surface area (Å²) in [7, 11) is -16.9. The molecule has 0 bridgehead atoms. The molecule has 0 saturated carbocycles. The van der Waals surface area contributed by atoms with E-state index in [1.807, 2.05) is 20.8 Å². The summed E-state index contributed by atoms with van der Waals surface area (Å²) in [6, 6.07) is 6.37. The van der Waals surface area contributed by atoms with E-state index in [4.69, 9.17) is 87.4 Å². The van der Waals surface area contributed by atoms with Crippen molar-refractivity contribution in [1.29, 1.82) is 0 Å². The molecule has 134 heavy (non-hydrogen) atoms. The van der Waals surface area contributed by atoms with Crippen LogP contribution in [0.1, 0.15) is 433 Å². The smallest absolute Gasteiger partial charge is 0.790 e. The van der Waals surface area contributed by atoms with E-state index in [1.54, 1.807) is 26.0 Å². The van der Waals surface area contributed by atoms with Crippen molar-refractivity contribution in [2.45, 2.75) is 464 Å². The number of halogens is 3. The Morgan fingerprint density at radius 2 is 0.500 bits per heavy atom. The fraction of sp³-hybridized carbons (Fsp3) is 0.883. The predicted molar refractivity (Wildman–Crippen MR) is 523 cm³/mol. The molecular formula is C94H184Cl3NaO31P4S-6. The van der Waals surface area contributed by atoms with Crippen LogP contribution in [0, 0.1) is 14.4 Å². The van der Waals surface area contributed by atoms with Crippen molar-refractivity contribution in [2.24, 2.45) is 0 Å². The third kappa shape index (κ3) is 125. The third-order valence-corrected chi connectivity index (χ3v) is 24.4. The van der Waals surface area contributed by atoms with Gasteiger partial charge < -0.3 is 118 Å². The Hall–Kier alpha value is -0.840. The van der Waals surface area contributed by atoms with Gasteiger partial charge in [0, 0.05) is 43.5 Å². The number of hydrogen-bond acceptors (Lipinski definition) is 31. The molecule has 0 fully saturated rings. The molecule has 0 heterocycles. The van der Waals surface area contributed by atoms with Gasteiger partial charge in [-0.3, -0.25) is 28.3 Å². The van der Waals surface area contributed by atoms with Crippen LogP contribution in [0.15, 0.2) is 29.2 Å². The number of esters is 4. The summed E-state index contributed by atoms with van der Waals surface area (Å²) in [5, 5.41) is 40.6. The normalized spacial score (nSPS) is 12.0. The number of ether oxygens (including phenoxy) is 4. The second kappa shape index (κ2) is 112. The minimum Gasteiger partial charge on any atom is -0.790 e. The molecule has 31 nitrogen and oxygen atoms in total. The van der Waals surface area contributed by atoms with Crippen LogP contribution in [0.25, 0.3) is 0 Å². The molecule has 0 aliphatic heterocycles. The van der Waals surface area contributed by atoms with Gasteiger partial charge in [-0.05, 0) is 57.6 Å². The minimum absolute atomic E-state index is 0. The maximum Gasteiger partial charge on any atom is 1.00 e. The van der Waals surface area contributed by atoms with Crippen molar-refractivity contribution >= 4 is 98.1 Å². The standard InChI is InChI=1S/C38H75O8P.C35H69O8P.C7H7ClO2S.C6H15O6P.C3H9O6P.C2H6.CH2Cl2.CH4O.CH3.Na/c1-4-7-9-11-13-15-17-19-21-23-25-27-29-31-37(39)43-34-36(46-47(41,42)45-33-6-3)35-44-38(40)32-30-28-26-24-22-20-18-16-14-12-10-8-5-2;1-3-5-7-9-11-13-15-17-19-21-23-25-27-29-34(36)41-31-33(43-44(38,39)40)32-42-35(37)30-28-26-24-22-20-18-16-14-12-10-8-6-4-2;1-6-2-4-7(5-3-6)11(8,9)10;1-2-3-11-13(9,10)12-6(4-7)5-8;4-1-3(2-5)9-10(6,7)8;1-2;2-1-3;1-2;;/h36H,4-35H2,1-3H3,(H,41,42);33H,3-32H2,1-2H3,(H2,38,39,40);2-5H,1H3;6-8H,2-5H2,1H3,(H,9,10);3-5H,1-2H2,(H2,6,7,8);1-2H3;1H2;2H,1H3;1H3;/q;;;;;;;;-1;+1/p-6. The molecule has 0 aliphatic carbocycles. The zero-order valence-corrected chi connectivity index (χ0v) is 93.3. The number of aliphatic hydroxyl groups is 5. The van der Waals surface area contributed by atoms with Crippen molar-refractivity contribution < 1.29 is 176 Å². The van der Waals surface area contributed by atoms with Crippen molar-refractivity contribution in [3.05, 3.63) is 37.3 Å².